The first-order valence-corrected chi connectivity index (χ1v) is 5.75. The Morgan fingerprint density at radius 3 is 2.00 bits per heavy atom. The van der Waals surface area contributed by atoms with Crippen LogP contribution in [0, 0.1) is 11.8 Å². The van der Waals surface area contributed by atoms with E-state index >= 15 is 0 Å². The zero-order valence-corrected chi connectivity index (χ0v) is 9.60. The van der Waals surface area contributed by atoms with Gasteiger partial charge in [0.15, 0.2) is 0 Å². The van der Waals surface area contributed by atoms with Crippen LogP contribution in [-0.2, 0) is 0 Å². The maximum Gasteiger partial charge on any atom is 0.139 e. The fourth-order valence-corrected chi connectivity index (χ4v) is 1.40. The molecule has 0 heterocycles. The summed E-state index contributed by atoms with van der Waals surface area (Å²) in [5, 5.41) is 8.55. The first-order chi connectivity index (χ1) is 6.85. The van der Waals surface area contributed by atoms with E-state index in [4.69, 9.17) is 5.11 Å². The van der Waals surface area contributed by atoms with Crippen molar-refractivity contribution >= 4 is 0 Å². The van der Waals surface area contributed by atoms with Crippen molar-refractivity contribution in [3.63, 3.8) is 0 Å². The first kappa shape index (κ1) is 13.5. The summed E-state index contributed by atoms with van der Waals surface area (Å²) in [6.45, 7) is 7.76. The molecule has 0 aliphatic carbocycles. The standard InChI is InChI=1S/C12H23NO/c1-3-5-9-13(10-6-4-2)11-7-8-12-14/h14H,3-6,9-12H2,1-2H3/p+1. The van der Waals surface area contributed by atoms with Gasteiger partial charge in [-0.25, -0.2) is 0 Å². The Labute approximate surface area is 88.3 Å². The van der Waals surface area contributed by atoms with E-state index in [0.29, 0.717) is 0 Å². The zero-order chi connectivity index (χ0) is 10.6. The van der Waals surface area contributed by atoms with Gasteiger partial charge in [0.05, 0.1) is 13.1 Å². The van der Waals surface area contributed by atoms with Crippen molar-refractivity contribution < 1.29 is 10.0 Å². The molecule has 0 aliphatic heterocycles. The molecule has 0 atom stereocenters. The van der Waals surface area contributed by atoms with E-state index in [9.17, 15) is 0 Å². The lowest BCUT2D eigenvalue weighted by molar-refractivity contribution is -0.893. The number of unbranched alkanes of at least 4 members (excludes halogenated alkanes) is 2. The van der Waals surface area contributed by atoms with Crippen LogP contribution in [-0.4, -0.2) is 31.3 Å². The van der Waals surface area contributed by atoms with Crippen LogP contribution in [0.2, 0.25) is 0 Å². The molecule has 0 amide bonds. The smallest absolute Gasteiger partial charge is 0.139 e. The minimum Gasteiger partial charge on any atom is -0.384 e. The van der Waals surface area contributed by atoms with Crippen molar-refractivity contribution in [3.8, 4) is 11.8 Å². The molecule has 0 rings (SSSR count). The third-order valence-corrected chi connectivity index (χ3v) is 2.31. The van der Waals surface area contributed by atoms with Gasteiger partial charge in [0.25, 0.3) is 0 Å². The van der Waals surface area contributed by atoms with Gasteiger partial charge in [0.1, 0.15) is 13.2 Å². The molecule has 2 nitrogen and oxygen atoms in total. The zero-order valence-electron chi connectivity index (χ0n) is 9.60. The van der Waals surface area contributed by atoms with Gasteiger partial charge in [-0.2, -0.15) is 0 Å². The second-order valence-electron chi connectivity index (χ2n) is 3.65. The van der Waals surface area contributed by atoms with Gasteiger partial charge < -0.3 is 10.0 Å². The molecule has 0 aliphatic rings. The van der Waals surface area contributed by atoms with Gasteiger partial charge in [-0.05, 0) is 18.8 Å². The lowest BCUT2D eigenvalue weighted by atomic mass is 10.2. The number of aliphatic hydroxyl groups is 1. The van der Waals surface area contributed by atoms with E-state index in [2.05, 4.69) is 25.7 Å². The quantitative estimate of drug-likeness (QED) is 0.571. The van der Waals surface area contributed by atoms with Crippen molar-refractivity contribution in [2.75, 3.05) is 26.2 Å². The third-order valence-electron chi connectivity index (χ3n) is 2.31. The molecular formula is C12H24NO+. The van der Waals surface area contributed by atoms with Crippen LogP contribution in [0.15, 0.2) is 0 Å². The largest absolute Gasteiger partial charge is 0.384 e. The molecule has 0 spiro atoms. The number of quaternary nitrogens is 1. The van der Waals surface area contributed by atoms with E-state index in [1.54, 1.807) is 4.90 Å². The molecule has 0 saturated carbocycles. The summed E-state index contributed by atoms with van der Waals surface area (Å²) in [6, 6.07) is 0. The lowest BCUT2D eigenvalue weighted by Gasteiger charge is -2.15. The average molecular weight is 198 g/mol. The number of nitrogens with one attached hydrogen (secondary N) is 1. The van der Waals surface area contributed by atoms with Gasteiger partial charge in [0, 0.05) is 0 Å². The maximum atomic E-state index is 8.55. The SMILES string of the molecule is CCCC[NH+](CC#CCO)CCCC. The number of rotatable bonds is 7. The molecule has 0 unspecified atom stereocenters. The minimum atomic E-state index is -0.00512. The molecule has 0 aromatic rings. The van der Waals surface area contributed by atoms with Crippen LogP contribution < -0.4 is 4.90 Å². The lowest BCUT2D eigenvalue weighted by Crippen LogP contribution is -3.12. The highest BCUT2D eigenvalue weighted by Gasteiger charge is 2.04. The Bertz CT molecular complexity index is 161. The topological polar surface area (TPSA) is 24.7 Å². The van der Waals surface area contributed by atoms with Crippen LogP contribution in [0.1, 0.15) is 39.5 Å². The average Bonchev–Trinajstić information content (AvgIpc) is 2.21. The molecule has 14 heavy (non-hydrogen) atoms. The second-order valence-corrected chi connectivity index (χ2v) is 3.65. The first-order valence-electron chi connectivity index (χ1n) is 5.75. The Morgan fingerprint density at radius 2 is 1.57 bits per heavy atom. The summed E-state index contributed by atoms with van der Waals surface area (Å²) in [7, 11) is 0. The highest BCUT2D eigenvalue weighted by molar-refractivity contribution is 4.98. The third kappa shape index (κ3) is 8.10. The van der Waals surface area contributed by atoms with Crippen molar-refractivity contribution in [1.29, 1.82) is 0 Å². The molecule has 0 fully saturated rings. The summed E-state index contributed by atoms with van der Waals surface area (Å²) < 4.78 is 0. The molecule has 0 aromatic carbocycles. The molecule has 0 saturated heterocycles. The Hall–Kier alpha value is -0.520. The number of aliphatic hydroxyl groups excluding tert-OH is 1. The molecule has 0 aromatic heterocycles. The van der Waals surface area contributed by atoms with Crippen molar-refractivity contribution in [2.45, 2.75) is 39.5 Å². The van der Waals surface area contributed by atoms with Gasteiger partial charge in [-0.3, -0.25) is 0 Å². The highest BCUT2D eigenvalue weighted by atomic mass is 16.2. The highest BCUT2D eigenvalue weighted by Crippen LogP contribution is 1.82. The predicted octanol–water partition coefficient (Wildman–Crippen LogP) is 0.467. The molecule has 2 heteroatoms. The summed E-state index contributed by atoms with van der Waals surface area (Å²) in [6.07, 6.45) is 5.06. The second kappa shape index (κ2) is 10.6. The molecule has 0 radical (unpaired) electrons. The Kier molecular flexibility index (Phi) is 10.2. The normalized spacial score (nSPS) is 10.0. The Balaban J connectivity index is 3.71. The van der Waals surface area contributed by atoms with Crippen molar-refractivity contribution in [3.05, 3.63) is 0 Å². The van der Waals surface area contributed by atoms with E-state index in [1.165, 1.54) is 38.8 Å². The fraction of sp³-hybridized carbons (Fsp3) is 0.833. The monoisotopic (exact) mass is 198 g/mol. The van der Waals surface area contributed by atoms with E-state index in [-0.39, 0.29) is 6.61 Å². The van der Waals surface area contributed by atoms with Crippen LogP contribution >= 0.6 is 0 Å². The van der Waals surface area contributed by atoms with E-state index in [1.807, 2.05) is 0 Å². The summed E-state index contributed by atoms with van der Waals surface area (Å²) in [5.74, 6) is 5.73. The summed E-state index contributed by atoms with van der Waals surface area (Å²) in [5.41, 5.74) is 0. The molecular weight excluding hydrogens is 174 g/mol. The van der Waals surface area contributed by atoms with Crippen molar-refractivity contribution in [1.82, 2.24) is 0 Å². The van der Waals surface area contributed by atoms with Crippen LogP contribution in [0.4, 0.5) is 0 Å². The number of hydrogen-bond acceptors (Lipinski definition) is 1. The molecule has 82 valence electrons. The number of hydrogen-bond donors (Lipinski definition) is 2. The van der Waals surface area contributed by atoms with Gasteiger partial charge in [-0.1, -0.05) is 32.6 Å². The Morgan fingerprint density at radius 1 is 1.00 bits per heavy atom. The fourth-order valence-electron chi connectivity index (χ4n) is 1.40. The molecule has 0 bridgehead atoms. The van der Waals surface area contributed by atoms with Crippen LogP contribution in [0.5, 0.6) is 0 Å². The van der Waals surface area contributed by atoms with Crippen LogP contribution in [0.3, 0.4) is 0 Å². The maximum absolute atomic E-state index is 8.55. The van der Waals surface area contributed by atoms with Crippen LogP contribution in [0.25, 0.3) is 0 Å². The molecule has 2 N–H and O–H groups in total. The summed E-state index contributed by atoms with van der Waals surface area (Å²) in [4.78, 5) is 1.56. The predicted molar refractivity (Wildman–Crippen MR) is 60.2 cm³/mol. The van der Waals surface area contributed by atoms with Gasteiger partial charge in [0.2, 0.25) is 0 Å². The van der Waals surface area contributed by atoms with E-state index < -0.39 is 0 Å². The minimum absolute atomic E-state index is 0.00512. The van der Waals surface area contributed by atoms with E-state index in [0.717, 1.165) is 6.54 Å². The van der Waals surface area contributed by atoms with Gasteiger partial charge >= 0.3 is 0 Å². The van der Waals surface area contributed by atoms with Gasteiger partial charge in [-0.15, -0.1) is 0 Å². The summed E-state index contributed by atoms with van der Waals surface area (Å²) >= 11 is 0. The van der Waals surface area contributed by atoms with Crippen molar-refractivity contribution in [2.24, 2.45) is 0 Å².